The number of carbonyl (C=O) groups excluding carboxylic acids is 2. The number of imide groups is 1. The van der Waals surface area contributed by atoms with Gasteiger partial charge in [0.2, 0.25) is 11.8 Å². The second-order valence-electron chi connectivity index (χ2n) is 15.6. The molecule has 1 aliphatic carbocycles. The zero-order chi connectivity index (χ0) is 35.8. The van der Waals surface area contributed by atoms with E-state index in [1.807, 2.05) is 32.9 Å². The molecule has 2 saturated heterocycles. The molecular weight excluding hydrogens is 639 g/mol. The molecule has 1 N–H and O–H groups in total. The number of aryl methyl sites for hydroxylation is 2. The summed E-state index contributed by atoms with van der Waals surface area (Å²) in [4.78, 5) is 29.2. The van der Waals surface area contributed by atoms with Gasteiger partial charge >= 0.3 is 0 Å². The van der Waals surface area contributed by atoms with Crippen LogP contribution in [0.2, 0.25) is 5.04 Å². The summed E-state index contributed by atoms with van der Waals surface area (Å²) in [6, 6.07) is 25.4. The predicted molar refractivity (Wildman–Crippen MR) is 203 cm³/mol. The Balaban J connectivity index is 1.37. The fourth-order valence-electron chi connectivity index (χ4n) is 8.86. The molecule has 0 aromatic heterocycles. The van der Waals surface area contributed by atoms with Gasteiger partial charge in [-0.1, -0.05) is 100 Å². The maximum Gasteiger partial charge on any atom is 0.261 e. The summed E-state index contributed by atoms with van der Waals surface area (Å²) in [6.45, 7) is 16.2. The lowest BCUT2D eigenvalue weighted by molar-refractivity contribution is -0.140. The number of phenolic OH excluding ortho intramolecular Hbond substituents is 1. The van der Waals surface area contributed by atoms with Crippen molar-refractivity contribution < 1.29 is 23.9 Å². The van der Waals surface area contributed by atoms with Crippen LogP contribution in [0.4, 0.5) is 0 Å². The Morgan fingerprint density at radius 2 is 1.56 bits per heavy atom. The molecule has 2 amide bonds. The molecule has 6 nitrogen and oxygen atoms in total. The predicted octanol–water partition coefficient (Wildman–Crippen LogP) is 7.50. The molecule has 264 valence electrons. The van der Waals surface area contributed by atoms with E-state index >= 15 is 0 Å². The van der Waals surface area contributed by atoms with Gasteiger partial charge in [-0.05, 0) is 102 Å². The van der Waals surface area contributed by atoms with Crippen molar-refractivity contribution in [2.45, 2.75) is 85.3 Å². The largest absolute Gasteiger partial charge is 0.507 e. The zero-order valence-corrected chi connectivity index (χ0v) is 31.8. The first kappa shape index (κ1) is 36.0. The molecular formula is C43H53NO5Si. The fraction of sp³-hybridized carbons (Fsp3) is 0.442. The lowest BCUT2D eigenvalue weighted by atomic mass is 9.69. The van der Waals surface area contributed by atoms with Crippen molar-refractivity contribution in [1.82, 2.24) is 4.90 Å². The molecule has 0 unspecified atom stereocenters. The Labute approximate surface area is 299 Å². The molecule has 3 aliphatic rings. The van der Waals surface area contributed by atoms with Gasteiger partial charge in [-0.15, -0.1) is 0 Å². The number of benzene rings is 3. The van der Waals surface area contributed by atoms with E-state index in [-0.39, 0.29) is 40.7 Å². The average Bonchev–Trinajstić information content (AvgIpc) is 3.61. The lowest BCUT2D eigenvalue weighted by Gasteiger charge is -2.44. The number of phenols is 1. The number of aromatic hydroxyl groups is 1. The molecule has 4 atom stereocenters. The molecule has 7 heteroatoms. The summed E-state index contributed by atoms with van der Waals surface area (Å²) in [7, 11) is -2.85. The lowest BCUT2D eigenvalue weighted by Crippen LogP contribution is -2.66. The molecule has 0 bridgehead atoms. The van der Waals surface area contributed by atoms with Crippen LogP contribution in [0, 0.1) is 31.6 Å². The van der Waals surface area contributed by atoms with Crippen LogP contribution >= 0.6 is 0 Å². The normalized spacial score (nSPS) is 22.7. The van der Waals surface area contributed by atoms with Gasteiger partial charge in [0.15, 0.2) is 0 Å². The number of likely N-dealkylation sites (tertiary alicyclic amines) is 1. The summed E-state index contributed by atoms with van der Waals surface area (Å²) < 4.78 is 14.1. The van der Waals surface area contributed by atoms with Crippen LogP contribution in [0.1, 0.15) is 77.0 Å². The number of ether oxygens (including phenoxy) is 1. The monoisotopic (exact) mass is 691 g/mol. The minimum Gasteiger partial charge on any atom is -0.507 e. The number of amides is 2. The van der Waals surface area contributed by atoms with Crippen molar-refractivity contribution in [2.24, 2.45) is 17.8 Å². The van der Waals surface area contributed by atoms with E-state index in [0.29, 0.717) is 31.9 Å². The van der Waals surface area contributed by atoms with Crippen LogP contribution in [0.25, 0.3) is 6.08 Å². The van der Waals surface area contributed by atoms with Gasteiger partial charge in [0.1, 0.15) is 5.75 Å². The standard InChI is InChI=1S/C43H53NO5Si/c1-8-21-44-41(46)35-25-32(26-49-50(43(5,6)7,33-15-11-9-12-16-33)34-17-13-10-14-18-34)38-36(39(35)42(44)47)27-48-37(38)20-19-28(2)22-31-23-29(3)40(45)30(4)24-31/h9-18,22-24,35-37,39,45H,8,19-21,25-27H2,1-7H3/b28-22+/t35-,36+,37-,39-/m1/s1. The molecule has 6 rings (SSSR count). The molecule has 2 aliphatic heterocycles. The van der Waals surface area contributed by atoms with Crippen LogP contribution in [-0.2, 0) is 18.8 Å². The quantitative estimate of drug-likeness (QED) is 0.128. The average molecular weight is 692 g/mol. The minimum absolute atomic E-state index is 0.0327. The number of carbonyl (C=O) groups is 2. The third-order valence-corrected chi connectivity index (χ3v) is 16.1. The zero-order valence-electron chi connectivity index (χ0n) is 30.8. The summed E-state index contributed by atoms with van der Waals surface area (Å²) in [6.07, 6.45) is 4.92. The van der Waals surface area contributed by atoms with E-state index in [1.165, 1.54) is 26.4 Å². The van der Waals surface area contributed by atoms with E-state index in [1.54, 1.807) is 0 Å². The SMILES string of the molecule is CCCN1C(=O)[C@@H]2[C@@H](CC(CO[Si](c3ccccc3)(c3ccccc3)C(C)(C)C)=C3[C@@H](CC/C(C)=C/c4cc(C)c(O)c(C)c4)OC[C@@H]32)C1=O. The first-order chi connectivity index (χ1) is 23.9. The van der Waals surface area contributed by atoms with Crippen molar-refractivity contribution in [2.75, 3.05) is 19.8 Å². The van der Waals surface area contributed by atoms with Crippen LogP contribution < -0.4 is 10.4 Å². The Morgan fingerprint density at radius 3 is 2.12 bits per heavy atom. The number of allylic oxidation sites excluding steroid dienone is 1. The van der Waals surface area contributed by atoms with Crippen molar-refractivity contribution in [3.63, 3.8) is 0 Å². The van der Waals surface area contributed by atoms with Crippen molar-refractivity contribution in [1.29, 1.82) is 0 Å². The number of hydrogen-bond donors (Lipinski definition) is 1. The minimum atomic E-state index is -2.85. The van der Waals surface area contributed by atoms with Crippen molar-refractivity contribution in [3.8, 4) is 5.75 Å². The third kappa shape index (κ3) is 6.56. The summed E-state index contributed by atoms with van der Waals surface area (Å²) in [5.74, 6) is -0.587. The fourth-order valence-corrected chi connectivity index (χ4v) is 13.4. The maximum atomic E-state index is 13.8. The van der Waals surface area contributed by atoms with Crippen LogP contribution in [0.5, 0.6) is 5.75 Å². The van der Waals surface area contributed by atoms with Crippen LogP contribution in [0.15, 0.2) is 89.5 Å². The highest BCUT2D eigenvalue weighted by Gasteiger charge is 2.57. The van der Waals surface area contributed by atoms with E-state index in [2.05, 4.69) is 94.4 Å². The molecule has 2 heterocycles. The molecule has 3 aromatic carbocycles. The van der Waals surface area contributed by atoms with Gasteiger partial charge in [-0.2, -0.15) is 0 Å². The van der Waals surface area contributed by atoms with E-state index in [9.17, 15) is 14.7 Å². The Hall–Kier alpha value is -3.78. The Bertz CT molecular complexity index is 1730. The van der Waals surface area contributed by atoms with Gasteiger partial charge in [0.25, 0.3) is 8.32 Å². The van der Waals surface area contributed by atoms with Gasteiger partial charge in [0.05, 0.1) is 31.2 Å². The topological polar surface area (TPSA) is 76.1 Å². The second kappa shape index (κ2) is 14.5. The van der Waals surface area contributed by atoms with E-state index in [4.69, 9.17) is 9.16 Å². The molecule has 0 radical (unpaired) electrons. The Kier molecular flexibility index (Phi) is 10.4. The van der Waals surface area contributed by atoms with Gasteiger partial charge in [-0.3, -0.25) is 14.5 Å². The second-order valence-corrected chi connectivity index (χ2v) is 19.9. The summed E-state index contributed by atoms with van der Waals surface area (Å²) >= 11 is 0. The first-order valence-electron chi connectivity index (χ1n) is 18.3. The van der Waals surface area contributed by atoms with Crippen molar-refractivity contribution in [3.05, 3.63) is 106 Å². The smallest absolute Gasteiger partial charge is 0.261 e. The van der Waals surface area contributed by atoms with Crippen molar-refractivity contribution >= 4 is 36.6 Å². The molecule has 2 fully saturated rings. The van der Waals surface area contributed by atoms with E-state index in [0.717, 1.165) is 41.5 Å². The highest BCUT2D eigenvalue weighted by molar-refractivity contribution is 6.99. The molecule has 0 saturated carbocycles. The summed E-state index contributed by atoms with van der Waals surface area (Å²) in [5, 5.41) is 12.5. The number of fused-ring (bicyclic) bond motifs is 3. The van der Waals surface area contributed by atoms with Crippen LogP contribution in [0.3, 0.4) is 0 Å². The van der Waals surface area contributed by atoms with Crippen LogP contribution in [-0.4, -0.2) is 56.0 Å². The number of hydrogen-bond acceptors (Lipinski definition) is 5. The molecule has 0 spiro atoms. The first-order valence-corrected chi connectivity index (χ1v) is 20.2. The third-order valence-electron chi connectivity index (χ3n) is 11.2. The number of rotatable bonds is 11. The highest BCUT2D eigenvalue weighted by atomic mass is 28.4. The Morgan fingerprint density at radius 1 is 0.960 bits per heavy atom. The number of nitrogens with zero attached hydrogens (tertiary/aromatic N) is 1. The van der Waals surface area contributed by atoms with Gasteiger partial charge in [0, 0.05) is 12.5 Å². The maximum absolute atomic E-state index is 13.8. The van der Waals surface area contributed by atoms with Gasteiger partial charge in [-0.25, -0.2) is 0 Å². The summed E-state index contributed by atoms with van der Waals surface area (Å²) in [5.41, 5.74) is 6.36. The highest BCUT2D eigenvalue weighted by Crippen LogP contribution is 2.50. The molecule has 50 heavy (non-hydrogen) atoms. The molecule has 3 aromatic rings. The van der Waals surface area contributed by atoms with E-state index < -0.39 is 8.32 Å². The van der Waals surface area contributed by atoms with Gasteiger partial charge < -0.3 is 14.3 Å².